The SMILES string of the molecule is Cc1cc([C@@H]2CCCCN2)no1. The van der Waals surface area contributed by atoms with Crippen LogP contribution in [0.3, 0.4) is 0 Å². The number of hydrogen-bond donors (Lipinski definition) is 1. The third kappa shape index (κ3) is 1.50. The third-order valence-corrected chi connectivity index (χ3v) is 2.31. The molecule has 12 heavy (non-hydrogen) atoms. The number of nitrogens with zero attached hydrogens (tertiary/aromatic N) is 1. The summed E-state index contributed by atoms with van der Waals surface area (Å²) in [4.78, 5) is 0. The standard InChI is InChI=1S/C9H14N2O/c1-7-6-9(11-12-7)8-4-2-3-5-10-8/h6,8,10H,2-5H2,1H3/t8-/m0/s1. The lowest BCUT2D eigenvalue weighted by Crippen LogP contribution is -2.26. The normalized spacial score (nSPS) is 24.2. The highest BCUT2D eigenvalue weighted by Gasteiger charge is 2.17. The molecule has 2 heterocycles. The van der Waals surface area contributed by atoms with Crippen molar-refractivity contribution in [3.63, 3.8) is 0 Å². The molecule has 0 aliphatic carbocycles. The first-order valence-electron chi connectivity index (χ1n) is 4.53. The van der Waals surface area contributed by atoms with Gasteiger partial charge in [-0.15, -0.1) is 0 Å². The molecule has 66 valence electrons. The van der Waals surface area contributed by atoms with E-state index in [0.717, 1.165) is 18.0 Å². The second-order valence-corrected chi connectivity index (χ2v) is 3.36. The molecule has 2 rings (SSSR count). The van der Waals surface area contributed by atoms with E-state index in [2.05, 4.69) is 10.5 Å². The second kappa shape index (κ2) is 3.27. The molecule has 3 nitrogen and oxygen atoms in total. The molecule has 0 bridgehead atoms. The Labute approximate surface area is 72.1 Å². The lowest BCUT2D eigenvalue weighted by molar-refractivity contribution is 0.355. The molecule has 1 aliphatic rings. The molecule has 0 radical (unpaired) electrons. The molecule has 1 aromatic heterocycles. The first-order valence-corrected chi connectivity index (χ1v) is 4.53. The van der Waals surface area contributed by atoms with Crippen LogP contribution in [0.25, 0.3) is 0 Å². The van der Waals surface area contributed by atoms with Gasteiger partial charge in [0.1, 0.15) is 11.5 Å². The second-order valence-electron chi connectivity index (χ2n) is 3.36. The summed E-state index contributed by atoms with van der Waals surface area (Å²) in [5.74, 6) is 0.900. The Balaban J connectivity index is 2.08. The summed E-state index contributed by atoms with van der Waals surface area (Å²) in [5, 5.41) is 7.43. The average Bonchev–Trinajstić information content (AvgIpc) is 2.54. The van der Waals surface area contributed by atoms with E-state index < -0.39 is 0 Å². The third-order valence-electron chi connectivity index (χ3n) is 2.31. The fraction of sp³-hybridized carbons (Fsp3) is 0.667. The molecule has 3 heteroatoms. The van der Waals surface area contributed by atoms with Crippen molar-refractivity contribution in [3.8, 4) is 0 Å². The van der Waals surface area contributed by atoms with Crippen molar-refractivity contribution in [2.45, 2.75) is 32.2 Å². The Bertz CT molecular complexity index is 251. The van der Waals surface area contributed by atoms with Gasteiger partial charge < -0.3 is 9.84 Å². The summed E-state index contributed by atoms with van der Waals surface area (Å²) in [6, 6.07) is 2.44. The van der Waals surface area contributed by atoms with Crippen molar-refractivity contribution in [3.05, 3.63) is 17.5 Å². The molecular formula is C9H14N2O. The Morgan fingerprint density at radius 3 is 3.08 bits per heavy atom. The molecule has 0 spiro atoms. The highest BCUT2D eigenvalue weighted by molar-refractivity contribution is 5.09. The van der Waals surface area contributed by atoms with Gasteiger partial charge in [0, 0.05) is 6.07 Å². The maximum absolute atomic E-state index is 5.03. The van der Waals surface area contributed by atoms with Crippen LogP contribution in [0.2, 0.25) is 0 Å². The van der Waals surface area contributed by atoms with E-state index in [4.69, 9.17) is 4.52 Å². The Hall–Kier alpha value is -0.830. The highest BCUT2D eigenvalue weighted by Crippen LogP contribution is 2.21. The summed E-state index contributed by atoms with van der Waals surface area (Å²) >= 11 is 0. The molecule has 0 aromatic carbocycles. The number of aryl methyl sites for hydroxylation is 1. The van der Waals surface area contributed by atoms with Gasteiger partial charge in [-0.25, -0.2) is 0 Å². The number of rotatable bonds is 1. The van der Waals surface area contributed by atoms with Crippen LogP contribution in [0.1, 0.15) is 36.8 Å². The first-order chi connectivity index (χ1) is 5.86. The van der Waals surface area contributed by atoms with Crippen LogP contribution >= 0.6 is 0 Å². The minimum Gasteiger partial charge on any atom is -0.361 e. The van der Waals surface area contributed by atoms with Crippen molar-refractivity contribution in [1.29, 1.82) is 0 Å². The molecule has 1 N–H and O–H groups in total. The van der Waals surface area contributed by atoms with Crippen LogP contribution < -0.4 is 5.32 Å². The van der Waals surface area contributed by atoms with Crippen molar-refractivity contribution in [1.82, 2.24) is 10.5 Å². The van der Waals surface area contributed by atoms with Crippen LogP contribution in [0.15, 0.2) is 10.6 Å². The van der Waals surface area contributed by atoms with Crippen LogP contribution in [-0.4, -0.2) is 11.7 Å². The number of aromatic nitrogens is 1. The van der Waals surface area contributed by atoms with Gasteiger partial charge in [0.15, 0.2) is 0 Å². The summed E-state index contributed by atoms with van der Waals surface area (Å²) in [6.45, 7) is 3.04. The zero-order chi connectivity index (χ0) is 8.39. The van der Waals surface area contributed by atoms with Crippen molar-refractivity contribution in [2.24, 2.45) is 0 Å². The minimum absolute atomic E-state index is 0.427. The van der Waals surface area contributed by atoms with Gasteiger partial charge in [-0.3, -0.25) is 0 Å². The quantitative estimate of drug-likeness (QED) is 0.691. The van der Waals surface area contributed by atoms with Gasteiger partial charge in [-0.2, -0.15) is 0 Å². The Morgan fingerprint density at radius 1 is 1.58 bits per heavy atom. The molecule has 0 amide bonds. The molecular weight excluding hydrogens is 152 g/mol. The Morgan fingerprint density at radius 2 is 2.50 bits per heavy atom. The summed E-state index contributed by atoms with van der Waals surface area (Å²) in [7, 11) is 0. The monoisotopic (exact) mass is 166 g/mol. The maximum Gasteiger partial charge on any atom is 0.133 e. The molecule has 1 atom stereocenters. The van der Waals surface area contributed by atoms with E-state index in [1.807, 2.05) is 13.0 Å². The van der Waals surface area contributed by atoms with Crippen molar-refractivity contribution >= 4 is 0 Å². The Kier molecular flexibility index (Phi) is 2.13. The summed E-state index contributed by atoms with van der Waals surface area (Å²) in [5.41, 5.74) is 1.06. The minimum atomic E-state index is 0.427. The van der Waals surface area contributed by atoms with Crippen LogP contribution in [-0.2, 0) is 0 Å². The van der Waals surface area contributed by atoms with Gasteiger partial charge >= 0.3 is 0 Å². The lowest BCUT2D eigenvalue weighted by atomic mass is 10.0. The van der Waals surface area contributed by atoms with E-state index in [9.17, 15) is 0 Å². The predicted octanol–water partition coefficient (Wildman–Crippen LogP) is 1.80. The summed E-state index contributed by atoms with van der Waals surface area (Å²) in [6.07, 6.45) is 3.77. The smallest absolute Gasteiger partial charge is 0.133 e. The summed E-state index contributed by atoms with van der Waals surface area (Å²) < 4.78 is 5.03. The van der Waals surface area contributed by atoms with E-state index in [1.54, 1.807) is 0 Å². The van der Waals surface area contributed by atoms with Gasteiger partial charge in [0.05, 0.1) is 6.04 Å². The first kappa shape index (κ1) is 7.80. The van der Waals surface area contributed by atoms with Crippen molar-refractivity contribution in [2.75, 3.05) is 6.54 Å². The number of nitrogens with one attached hydrogen (secondary N) is 1. The largest absolute Gasteiger partial charge is 0.361 e. The van der Waals surface area contributed by atoms with Crippen LogP contribution in [0, 0.1) is 6.92 Å². The maximum atomic E-state index is 5.03. The molecule has 1 fully saturated rings. The van der Waals surface area contributed by atoms with Gasteiger partial charge in [0.25, 0.3) is 0 Å². The van der Waals surface area contributed by atoms with E-state index in [1.165, 1.54) is 19.3 Å². The van der Waals surface area contributed by atoms with E-state index in [0.29, 0.717) is 6.04 Å². The van der Waals surface area contributed by atoms with E-state index in [-0.39, 0.29) is 0 Å². The molecule has 0 saturated carbocycles. The topological polar surface area (TPSA) is 38.1 Å². The zero-order valence-corrected chi connectivity index (χ0v) is 7.34. The van der Waals surface area contributed by atoms with Crippen molar-refractivity contribution < 1.29 is 4.52 Å². The van der Waals surface area contributed by atoms with Crippen LogP contribution in [0.4, 0.5) is 0 Å². The molecule has 1 saturated heterocycles. The predicted molar refractivity (Wildman–Crippen MR) is 45.8 cm³/mol. The fourth-order valence-corrected chi connectivity index (χ4v) is 1.65. The van der Waals surface area contributed by atoms with Gasteiger partial charge in [-0.05, 0) is 26.3 Å². The number of piperidine rings is 1. The van der Waals surface area contributed by atoms with Gasteiger partial charge in [0.2, 0.25) is 0 Å². The molecule has 0 unspecified atom stereocenters. The molecule has 1 aliphatic heterocycles. The average molecular weight is 166 g/mol. The van der Waals surface area contributed by atoms with Gasteiger partial charge in [-0.1, -0.05) is 11.6 Å². The fourth-order valence-electron chi connectivity index (χ4n) is 1.65. The lowest BCUT2D eigenvalue weighted by Gasteiger charge is -2.20. The number of hydrogen-bond acceptors (Lipinski definition) is 3. The zero-order valence-electron chi connectivity index (χ0n) is 7.34. The highest BCUT2D eigenvalue weighted by atomic mass is 16.5. The van der Waals surface area contributed by atoms with E-state index >= 15 is 0 Å². The molecule has 1 aromatic rings. The van der Waals surface area contributed by atoms with Crippen LogP contribution in [0.5, 0.6) is 0 Å².